The lowest BCUT2D eigenvalue weighted by atomic mass is 9.89. The van der Waals surface area contributed by atoms with E-state index in [1.165, 1.54) is 45.6 Å². The van der Waals surface area contributed by atoms with Crippen LogP contribution in [0.15, 0.2) is 4.99 Å². The number of hydrogen-bond donors (Lipinski definition) is 2. The lowest BCUT2D eigenvalue weighted by molar-refractivity contribution is 0.139. The summed E-state index contributed by atoms with van der Waals surface area (Å²) in [5, 5.41) is 6.96. The first-order valence-corrected chi connectivity index (χ1v) is 9.26. The summed E-state index contributed by atoms with van der Waals surface area (Å²) in [5.74, 6) is 0.929. The van der Waals surface area contributed by atoms with Gasteiger partial charge in [-0.2, -0.15) is 0 Å². The highest BCUT2D eigenvalue weighted by atomic mass is 127. The van der Waals surface area contributed by atoms with Gasteiger partial charge >= 0.3 is 0 Å². The molecule has 1 aliphatic heterocycles. The van der Waals surface area contributed by atoms with Gasteiger partial charge in [0.15, 0.2) is 5.96 Å². The summed E-state index contributed by atoms with van der Waals surface area (Å²) in [6.07, 6.45) is 2.39. The van der Waals surface area contributed by atoms with Crippen molar-refractivity contribution in [2.45, 2.75) is 53.5 Å². The molecule has 1 rings (SSSR count). The zero-order chi connectivity index (χ0) is 17.3. The van der Waals surface area contributed by atoms with E-state index in [1.807, 2.05) is 7.05 Å². The van der Waals surface area contributed by atoms with Gasteiger partial charge in [-0.3, -0.25) is 9.89 Å². The van der Waals surface area contributed by atoms with Gasteiger partial charge in [-0.25, -0.2) is 0 Å². The minimum absolute atomic E-state index is 0. The van der Waals surface area contributed by atoms with Crippen molar-refractivity contribution in [2.75, 3.05) is 52.9 Å². The minimum atomic E-state index is 0. The van der Waals surface area contributed by atoms with Crippen molar-refractivity contribution in [3.05, 3.63) is 0 Å². The Balaban J connectivity index is 0.00000529. The topological polar surface area (TPSA) is 42.9 Å². The Bertz CT molecular complexity index is 346. The fraction of sp³-hybridized carbons (Fsp3) is 0.944. The molecule has 0 aliphatic carbocycles. The third-order valence-electron chi connectivity index (χ3n) is 4.57. The van der Waals surface area contributed by atoms with E-state index in [2.05, 4.69) is 60.0 Å². The van der Waals surface area contributed by atoms with Crippen molar-refractivity contribution in [3.63, 3.8) is 0 Å². The predicted molar refractivity (Wildman–Crippen MR) is 117 cm³/mol. The van der Waals surface area contributed by atoms with Crippen LogP contribution >= 0.6 is 24.0 Å². The summed E-state index contributed by atoms with van der Waals surface area (Å²) in [5.41, 5.74) is 0.396. The van der Waals surface area contributed by atoms with Gasteiger partial charge < -0.3 is 15.5 Å². The molecule has 0 aromatic heterocycles. The van der Waals surface area contributed by atoms with E-state index in [0.717, 1.165) is 19.0 Å². The van der Waals surface area contributed by atoms with E-state index in [1.54, 1.807) is 0 Å². The maximum Gasteiger partial charge on any atom is 0.191 e. The third kappa shape index (κ3) is 10.7. The predicted octanol–water partition coefficient (Wildman–Crippen LogP) is 2.62. The van der Waals surface area contributed by atoms with Crippen LogP contribution in [0, 0.1) is 5.41 Å². The van der Waals surface area contributed by atoms with Crippen molar-refractivity contribution in [1.29, 1.82) is 0 Å². The van der Waals surface area contributed by atoms with E-state index < -0.39 is 0 Å². The van der Waals surface area contributed by atoms with E-state index >= 15 is 0 Å². The Morgan fingerprint density at radius 2 is 1.71 bits per heavy atom. The Hall–Kier alpha value is -0.0800. The molecule has 2 N–H and O–H groups in total. The molecule has 0 aromatic rings. The lowest BCUT2D eigenvalue weighted by Gasteiger charge is -2.34. The number of piperazine rings is 1. The lowest BCUT2D eigenvalue weighted by Crippen LogP contribution is -2.49. The molecule has 6 heteroatoms. The molecular formula is C18H40IN5. The number of rotatable bonds is 7. The van der Waals surface area contributed by atoms with Crippen LogP contribution in [-0.2, 0) is 0 Å². The molecule has 144 valence electrons. The van der Waals surface area contributed by atoms with Gasteiger partial charge in [0, 0.05) is 52.4 Å². The first-order chi connectivity index (χ1) is 10.8. The molecular weight excluding hydrogens is 413 g/mol. The average molecular weight is 453 g/mol. The second-order valence-corrected chi connectivity index (χ2v) is 7.92. The Morgan fingerprint density at radius 3 is 2.21 bits per heavy atom. The first kappa shape index (κ1) is 23.9. The van der Waals surface area contributed by atoms with Crippen molar-refractivity contribution >= 4 is 29.9 Å². The zero-order valence-electron chi connectivity index (χ0n) is 16.7. The molecule has 0 spiro atoms. The number of nitrogens with one attached hydrogen (secondary N) is 2. The SMILES string of the molecule is CCN1CCN(CCNC(=NC)NC(C)CCC(C)(C)C)CC1.I. The summed E-state index contributed by atoms with van der Waals surface area (Å²) >= 11 is 0. The molecule has 1 aliphatic rings. The summed E-state index contributed by atoms with van der Waals surface area (Å²) in [6, 6.07) is 0.452. The molecule has 1 heterocycles. The fourth-order valence-electron chi connectivity index (χ4n) is 2.81. The van der Waals surface area contributed by atoms with Crippen LogP contribution in [0.4, 0.5) is 0 Å². The van der Waals surface area contributed by atoms with Crippen molar-refractivity contribution in [3.8, 4) is 0 Å². The van der Waals surface area contributed by atoms with Gasteiger partial charge in [-0.15, -0.1) is 24.0 Å². The number of guanidine groups is 1. The Kier molecular flexibility index (Phi) is 12.3. The minimum Gasteiger partial charge on any atom is -0.355 e. The largest absolute Gasteiger partial charge is 0.355 e. The van der Waals surface area contributed by atoms with Crippen molar-refractivity contribution in [1.82, 2.24) is 20.4 Å². The van der Waals surface area contributed by atoms with Crippen molar-refractivity contribution < 1.29 is 0 Å². The zero-order valence-corrected chi connectivity index (χ0v) is 19.0. The monoisotopic (exact) mass is 453 g/mol. The van der Waals surface area contributed by atoms with Gasteiger partial charge in [-0.05, 0) is 31.7 Å². The summed E-state index contributed by atoms with van der Waals surface area (Å²) in [4.78, 5) is 9.40. The van der Waals surface area contributed by atoms with Crippen molar-refractivity contribution in [2.24, 2.45) is 10.4 Å². The van der Waals surface area contributed by atoms with Gasteiger partial charge in [0.05, 0.1) is 0 Å². The Morgan fingerprint density at radius 1 is 1.12 bits per heavy atom. The van der Waals surface area contributed by atoms with Gasteiger partial charge in [0.2, 0.25) is 0 Å². The van der Waals surface area contributed by atoms with E-state index in [9.17, 15) is 0 Å². The molecule has 1 atom stereocenters. The van der Waals surface area contributed by atoms with Crippen LogP contribution in [0.2, 0.25) is 0 Å². The van der Waals surface area contributed by atoms with Crippen LogP contribution in [0.25, 0.3) is 0 Å². The molecule has 1 saturated heterocycles. The number of likely N-dealkylation sites (N-methyl/N-ethyl adjacent to an activating group) is 1. The molecule has 0 radical (unpaired) electrons. The maximum atomic E-state index is 4.35. The van der Waals surface area contributed by atoms with Gasteiger partial charge in [-0.1, -0.05) is 27.7 Å². The van der Waals surface area contributed by atoms with E-state index in [4.69, 9.17) is 0 Å². The highest BCUT2D eigenvalue weighted by Gasteiger charge is 2.15. The summed E-state index contributed by atoms with van der Waals surface area (Å²) in [7, 11) is 1.85. The second-order valence-electron chi connectivity index (χ2n) is 7.92. The number of nitrogens with zero attached hydrogens (tertiary/aromatic N) is 3. The highest BCUT2D eigenvalue weighted by Crippen LogP contribution is 2.21. The molecule has 5 nitrogen and oxygen atoms in total. The third-order valence-corrected chi connectivity index (χ3v) is 4.57. The molecule has 1 fully saturated rings. The maximum absolute atomic E-state index is 4.35. The quantitative estimate of drug-likeness (QED) is 0.354. The molecule has 1 unspecified atom stereocenters. The molecule has 0 bridgehead atoms. The van der Waals surface area contributed by atoms with Gasteiger partial charge in [0.1, 0.15) is 0 Å². The van der Waals surface area contributed by atoms with Gasteiger partial charge in [0.25, 0.3) is 0 Å². The van der Waals surface area contributed by atoms with Crippen LogP contribution in [0.1, 0.15) is 47.5 Å². The molecule has 0 aromatic carbocycles. The number of hydrogen-bond acceptors (Lipinski definition) is 3. The van der Waals surface area contributed by atoms with Crippen LogP contribution in [-0.4, -0.2) is 74.7 Å². The fourth-order valence-corrected chi connectivity index (χ4v) is 2.81. The average Bonchev–Trinajstić information content (AvgIpc) is 2.52. The standard InChI is InChI=1S/C18H39N5.HI/c1-7-22-12-14-23(15-13-22)11-10-20-17(19-6)21-16(2)8-9-18(3,4)5;/h16H,7-15H2,1-6H3,(H2,19,20,21);1H. The summed E-state index contributed by atoms with van der Waals surface area (Å²) < 4.78 is 0. The first-order valence-electron chi connectivity index (χ1n) is 9.26. The molecule has 0 amide bonds. The molecule has 0 saturated carbocycles. The second kappa shape index (κ2) is 12.3. The molecule has 24 heavy (non-hydrogen) atoms. The van der Waals surface area contributed by atoms with E-state index in [0.29, 0.717) is 11.5 Å². The Labute approximate surface area is 167 Å². The number of halogens is 1. The summed E-state index contributed by atoms with van der Waals surface area (Å²) in [6.45, 7) is 19.4. The van der Waals surface area contributed by atoms with E-state index in [-0.39, 0.29) is 24.0 Å². The highest BCUT2D eigenvalue weighted by molar-refractivity contribution is 14.0. The van der Waals surface area contributed by atoms with Crippen LogP contribution < -0.4 is 10.6 Å². The van der Waals surface area contributed by atoms with Crippen LogP contribution in [0.5, 0.6) is 0 Å². The normalized spacial score (nSPS) is 18.8. The number of aliphatic imine (C=N–C) groups is 1. The van der Waals surface area contributed by atoms with Crippen LogP contribution in [0.3, 0.4) is 0 Å². The smallest absolute Gasteiger partial charge is 0.191 e.